The van der Waals surface area contributed by atoms with Crippen LogP contribution in [0.1, 0.15) is 21.5 Å². The molecule has 0 heterocycles. The normalized spacial score (nSPS) is 10.9. The Morgan fingerprint density at radius 1 is 1.44 bits per heavy atom. The third-order valence-corrected chi connectivity index (χ3v) is 2.13. The highest BCUT2D eigenvalue weighted by Crippen LogP contribution is 2.30. The third kappa shape index (κ3) is 2.52. The Kier molecular flexibility index (Phi) is 3.55. The van der Waals surface area contributed by atoms with Crippen LogP contribution >= 0.6 is 11.6 Å². The minimum atomic E-state index is -4.55. The van der Waals surface area contributed by atoms with Crippen molar-refractivity contribution in [2.75, 3.05) is 5.88 Å². The summed E-state index contributed by atoms with van der Waals surface area (Å²) in [7, 11) is 0. The molecule has 1 rings (SSSR count). The number of hydrogen-bond acceptors (Lipinski definition) is 2. The van der Waals surface area contributed by atoms with Crippen LogP contribution in [0, 0.1) is 11.3 Å². The summed E-state index contributed by atoms with van der Waals surface area (Å²) < 4.78 is 37.0. The van der Waals surface area contributed by atoms with Crippen LogP contribution in [0.25, 0.3) is 0 Å². The molecule has 16 heavy (non-hydrogen) atoms. The number of halogens is 4. The fourth-order valence-electron chi connectivity index (χ4n) is 1.12. The Bertz CT molecular complexity index is 462. The molecule has 0 saturated heterocycles. The Morgan fingerprint density at radius 3 is 2.50 bits per heavy atom. The van der Waals surface area contributed by atoms with E-state index in [2.05, 4.69) is 0 Å². The first-order chi connectivity index (χ1) is 7.40. The van der Waals surface area contributed by atoms with Gasteiger partial charge in [0.25, 0.3) is 0 Å². The Labute approximate surface area is 94.2 Å². The fourth-order valence-corrected chi connectivity index (χ4v) is 1.26. The molecule has 0 radical (unpaired) electrons. The summed E-state index contributed by atoms with van der Waals surface area (Å²) in [5.41, 5.74) is -1.38. The zero-order valence-corrected chi connectivity index (χ0v) is 8.56. The van der Waals surface area contributed by atoms with Crippen molar-refractivity contribution >= 4 is 17.4 Å². The van der Waals surface area contributed by atoms with E-state index in [9.17, 15) is 18.0 Å². The molecule has 84 valence electrons. The minimum Gasteiger partial charge on any atom is -0.293 e. The van der Waals surface area contributed by atoms with Crippen molar-refractivity contribution in [3.05, 3.63) is 34.9 Å². The van der Waals surface area contributed by atoms with Crippen LogP contribution in [0.3, 0.4) is 0 Å². The van der Waals surface area contributed by atoms with Crippen LogP contribution in [0.15, 0.2) is 18.2 Å². The van der Waals surface area contributed by atoms with Crippen LogP contribution in [-0.4, -0.2) is 11.7 Å². The van der Waals surface area contributed by atoms with Gasteiger partial charge in [0, 0.05) is 5.56 Å². The number of nitrogens with zero attached hydrogens (tertiary/aromatic N) is 1. The van der Waals surface area contributed by atoms with E-state index >= 15 is 0 Å². The number of nitriles is 1. The lowest BCUT2D eigenvalue weighted by atomic mass is 10.0. The van der Waals surface area contributed by atoms with Gasteiger partial charge >= 0.3 is 6.18 Å². The molecule has 0 aromatic heterocycles. The predicted octanol–water partition coefficient (Wildman–Crippen LogP) is 3.00. The van der Waals surface area contributed by atoms with E-state index in [1.807, 2.05) is 0 Å². The van der Waals surface area contributed by atoms with Gasteiger partial charge in [0.15, 0.2) is 5.78 Å². The number of rotatable bonds is 2. The van der Waals surface area contributed by atoms with E-state index in [1.54, 1.807) is 6.07 Å². The quantitative estimate of drug-likeness (QED) is 0.595. The molecule has 2 nitrogen and oxygen atoms in total. The second-order valence-electron chi connectivity index (χ2n) is 2.93. The smallest absolute Gasteiger partial charge is 0.293 e. The van der Waals surface area contributed by atoms with Crippen LogP contribution < -0.4 is 0 Å². The van der Waals surface area contributed by atoms with E-state index in [1.165, 1.54) is 0 Å². The standard InChI is InChI=1S/C10H5ClF3NO/c11-4-9(16)8-3-7(10(12,13)14)2-1-6(8)5-15/h1-3H,4H2. The average Bonchev–Trinajstić information content (AvgIpc) is 2.25. The van der Waals surface area contributed by atoms with E-state index in [-0.39, 0.29) is 11.1 Å². The molecule has 0 fully saturated rings. The second-order valence-corrected chi connectivity index (χ2v) is 3.19. The number of ketones is 1. The maximum Gasteiger partial charge on any atom is 0.416 e. The first-order valence-corrected chi connectivity index (χ1v) is 4.64. The molecule has 0 saturated carbocycles. The molecule has 1 aromatic carbocycles. The van der Waals surface area contributed by atoms with Crippen molar-refractivity contribution in [3.8, 4) is 6.07 Å². The highest BCUT2D eigenvalue weighted by Gasteiger charge is 2.31. The third-order valence-electron chi connectivity index (χ3n) is 1.89. The summed E-state index contributed by atoms with van der Waals surface area (Å²) in [6, 6.07) is 4.00. The van der Waals surface area contributed by atoms with E-state index in [0.717, 1.165) is 12.1 Å². The largest absolute Gasteiger partial charge is 0.416 e. The second kappa shape index (κ2) is 4.54. The molecule has 0 aliphatic rings. The predicted molar refractivity (Wildman–Crippen MR) is 51.2 cm³/mol. The van der Waals surface area contributed by atoms with Crippen molar-refractivity contribution in [2.24, 2.45) is 0 Å². The van der Waals surface area contributed by atoms with Gasteiger partial charge in [-0.3, -0.25) is 4.79 Å². The Hall–Kier alpha value is -1.54. The van der Waals surface area contributed by atoms with Gasteiger partial charge in [0.1, 0.15) is 0 Å². The van der Waals surface area contributed by atoms with Gasteiger partial charge in [-0.05, 0) is 18.2 Å². The summed E-state index contributed by atoms with van der Waals surface area (Å²) in [4.78, 5) is 11.2. The maximum absolute atomic E-state index is 12.3. The van der Waals surface area contributed by atoms with Crippen molar-refractivity contribution in [3.63, 3.8) is 0 Å². The average molecular weight is 248 g/mol. The van der Waals surface area contributed by atoms with Gasteiger partial charge in [-0.25, -0.2) is 0 Å². The monoisotopic (exact) mass is 247 g/mol. The fraction of sp³-hybridized carbons (Fsp3) is 0.200. The van der Waals surface area contributed by atoms with E-state index < -0.39 is 23.4 Å². The van der Waals surface area contributed by atoms with Crippen molar-refractivity contribution in [1.29, 1.82) is 5.26 Å². The van der Waals surface area contributed by atoms with Gasteiger partial charge in [-0.15, -0.1) is 11.6 Å². The minimum absolute atomic E-state index is 0.112. The van der Waals surface area contributed by atoms with Crippen LogP contribution in [0.4, 0.5) is 13.2 Å². The van der Waals surface area contributed by atoms with Gasteiger partial charge in [0.2, 0.25) is 0 Å². The van der Waals surface area contributed by atoms with Crippen LogP contribution in [0.2, 0.25) is 0 Å². The molecule has 1 aromatic rings. The molecule has 0 atom stereocenters. The molecule has 0 N–H and O–H groups in total. The zero-order valence-electron chi connectivity index (χ0n) is 7.81. The molecule has 0 spiro atoms. The van der Waals surface area contributed by atoms with Crippen LogP contribution in [0.5, 0.6) is 0 Å². The number of hydrogen-bond donors (Lipinski definition) is 0. The number of carbonyl (C=O) groups is 1. The summed E-state index contributed by atoms with van der Waals surface area (Å²) in [5, 5.41) is 8.63. The molecule has 6 heteroatoms. The molecular weight excluding hydrogens is 243 g/mol. The summed E-state index contributed by atoms with van der Waals surface area (Å²) >= 11 is 5.24. The highest BCUT2D eigenvalue weighted by molar-refractivity contribution is 6.30. The van der Waals surface area contributed by atoms with Crippen LogP contribution in [-0.2, 0) is 6.18 Å². The highest BCUT2D eigenvalue weighted by atomic mass is 35.5. The Morgan fingerprint density at radius 2 is 2.06 bits per heavy atom. The van der Waals surface area contributed by atoms with E-state index in [0.29, 0.717) is 6.07 Å². The van der Waals surface area contributed by atoms with Gasteiger partial charge < -0.3 is 0 Å². The number of alkyl halides is 4. The summed E-state index contributed by atoms with van der Waals surface area (Å²) in [6.45, 7) is 0. The lowest BCUT2D eigenvalue weighted by Crippen LogP contribution is -2.10. The lowest BCUT2D eigenvalue weighted by Gasteiger charge is -2.08. The number of carbonyl (C=O) groups excluding carboxylic acids is 1. The molecule has 0 unspecified atom stereocenters. The topological polar surface area (TPSA) is 40.9 Å². The first kappa shape index (κ1) is 12.5. The van der Waals surface area contributed by atoms with Gasteiger partial charge in [-0.2, -0.15) is 18.4 Å². The molecule has 0 amide bonds. The van der Waals surface area contributed by atoms with Crippen molar-refractivity contribution in [2.45, 2.75) is 6.18 Å². The van der Waals surface area contributed by atoms with E-state index in [4.69, 9.17) is 16.9 Å². The SMILES string of the molecule is N#Cc1ccc(C(F)(F)F)cc1C(=O)CCl. The number of benzene rings is 1. The zero-order chi connectivity index (χ0) is 12.3. The number of Topliss-reactive ketones (excluding diaryl/α,β-unsaturated/α-hetero) is 1. The Balaban J connectivity index is 3.34. The molecule has 0 bridgehead atoms. The van der Waals surface area contributed by atoms with Crippen molar-refractivity contribution < 1.29 is 18.0 Å². The van der Waals surface area contributed by atoms with Crippen molar-refractivity contribution in [1.82, 2.24) is 0 Å². The summed E-state index contributed by atoms with van der Waals surface area (Å²) in [5.74, 6) is -1.17. The van der Waals surface area contributed by atoms with Gasteiger partial charge in [0.05, 0.1) is 23.1 Å². The summed E-state index contributed by atoms with van der Waals surface area (Å²) in [6.07, 6.45) is -4.55. The lowest BCUT2D eigenvalue weighted by molar-refractivity contribution is -0.137. The molecule has 0 aliphatic carbocycles. The van der Waals surface area contributed by atoms with Gasteiger partial charge in [-0.1, -0.05) is 0 Å². The maximum atomic E-state index is 12.3. The molecule has 0 aliphatic heterocycles. The molecular formula is C10H5ClF3NO. The first-order valence-electron chi connectivity index (χ1n) is 4.10.